The fourth-order valence-electron chi connectivity index (χ4n) is 3.73. The number of carbonyl (C=O) groups excluding carboxylic acids is 1. The Labute approximate surface area is 138 Å². The highest BCUT2D eigenvalue weighted by Crippen LogP contribution is 2.24. The number of thiophene rings is 1. The Hall–Kier alpha value is -0.870. The normalized spacial score (nSPS) is 21.8. The van der Waals surface area contributed by atoms with Crippen molar-refractivity contribution >= 4 is 17.2 Å². The fourth-order valence-corrected chi connectivity index (χ4v) is 4.47. The van der Waals surface area contributed by atoms with Gasteiger partial charge in [0.15, 0.2) is 0 Å². The van der Waals surface area contributed by atoms with Gasteiger partial charge in [0.05, 0.1) is 0 Å². The summed E-state index contributed by atoms with van der Waals surface area (Å²) in [6.45, 7) is 4.32. The highest BCUT2D eigenvalue weighted by Gasteiger charge is 2.23. The summed E-state index contributed by atoms with van der Waals surface area (Å²) in [6.07, 6.45) is 8.42. The van der Waals surface area contributed by atoms with Gasteiger partial charge in [0, 0.05) is 23.9 Å². The molecular weight excluding hydrogens is 292 g/mol. The van der Waals surface area contributed by atoms with Crippen molar-refractivity contribution in [2.24, 2.45) is 11.8 Å². The molecule has 1 amide bonds. The summed E-state index contributed by atoms with van der Waals surface area (Å²) in [7, 11) is 0. The van der Waals surface area contributed by atoms with E-state index in [1.165, 1.54) is 50.1 Å². The minimum absolute atomic E-state index is 0.299. The molecule has 0 spiro atoms. The van der Waals surface area contributed by atoms with Gasteiger partial charge in [-0.3, -0.25) is 9.69 Å². The quantitative estimate of drug-likeness (QED) is 0.898. The predicted octanol–water partition coefficient (Wildman–Crippen LogP) is 3.66. The van der Waals surface area contributed by atoms with Crippen molar-refractivity contribution in [2.45, 2.75) is 51.5 Å². The van der Waals surface area contributed by atoms with E-state index in [2.05, 4.69) is 27.7 Å². The molecule has 4 heteroatoms. The average Bonchev–Trinajstić information content (AvgIpc) is 3.08. The smallest absolute Gasteiger partial charge is 0.223 e. The minimum atomic E-state index is 0.299. The summed E-state index contributed by atoms with van der Waals surface area (Å²) in [4.78, 5) is 16.2. The molecule has 22 heavy (non-hydrogen) atoms. The van der Waals surface area contributed by atoms with Crippen LogP contribution in [0.15, 0.2) is 17.5 Å². The third-order valence-electron chi connectivity index (χ3n) is 5.21. The number of rotatable bonds is 5. The Balaban J connectivity index is 1.34. The van der Waals surface area contributed by atoms with Crippen molar-refractivity contribution in [3.63, 3.8) is 0 Å². The molecule has 0 bridgehead atoms. The first kappa shape index (κ1) is 16.0. The van der Waals surface area contributed by atoms with Gasteiger partial charge in [0.1, 0.15) is 0 Å². The van der Waals surface area contributed by atoms with Crippen molar-refractivity contribution in [3.8, 4) is 0 Å². The zero-order valence-electron chi connectivity index (χ0n) is 13.4. The van der Waals surface area contributed by atoms with Crippen molar-refractivity contribution in [3.05, 3.63) is 22.4 Å². The van der Waals surface area contributed by atoms with Gasteiger partial charge in [0.2, 0.25) is 5.91 Å². The predicted molar refractivity (Wildman–Crippen MR) is 91.9 cm³/mol. The number of hydrogen-bond acceptors (Lipinski definition) is 3. The lowest BCUT2D eigenvalue weighted by atomic mass is 9.88. The van der Waals surface area contributed by atoms with Gasteiger partial charge in [-0.2, -0.15) is 0 Å². The SMILES string of the molecule is O=C(NCC1CCN(Cc2cccs2)CC1)C1CCCCC1. The fraction of sp³-hybridized carbons (Fsp3) is 0.722. The van der Waals surface area contributed by atoms with Crippen LogP contribution in [0.25, 0.3) is 0 Å². The molecule has 2 heterocycles. The van der Waals surface area contributed by atoms with Crippen LogP contribution in [0.5, 0.6) is 0 Å². The van der Waals surface area contributed by atoms with Crippen LogP contribution in [0.3, 0.4) is 0 Å². The van der Waals surface area contributed by atoms with Crippen LogP contribution in [0.1, 0.15) is 49.8 Å². The Kier molecular flexibility index (Phi) is 5.90. The van der Waals surface area contributed by atoms with Crippen LogP contribution in [0, 0.1) is 11.8 Å². The maximum atomic E-state index is 12.2. The van der Waals surface area contributed by atoms with Crippen LogP contribution >= 0.6 is 11.3 Å². The highest BCUT2D eigenvalue weighted by atomic mass is 32.1. The molecule has 1 aromatic rings. The lowest BCUT2D eigenvalue weighted by molar-refractivity contribution is -0.126. The monoisotopic (exact) mass is 320 g/mol. The van der Waals surface area contributed by atoms with E-state index in [9.17, 15) is 4.79 Å². The standard InChI is InChI=1S/C18H28N2OS/c21-18(16-5-2-1-3-6-16)19-13-15-8-10-20(11-9-15)14-17-7-4-12-22-17/h4,7,12,15-16H,1-3,5-6,8-11,13-14H2,(H,19,21). The van der Waals surface area contributed by atoms with E-state index in [4.69, 9.17) is 0 Å². The number of nitrogens with zero attached hydrogens (tertiary/aromatic N) is 1. The van der Waals surface area contributed by atoms with E-state index in [0.717, 1.165) is 25.9 Å². The summed E-state index contributed by atoms with van der Waals surface area (Å²) in [5.41, 5.74) is 0. The van der Waals surface area contributed by atoms with E-state index in [0.29, 0.717) is 17.7 Å². The molecule has 3 nitrogen and oxygen atoms in total. The maximum Gasteiger partial charge on any atom is 0.223 e. The molecule has 1 aromatic heterocycles. The third kappa shape index (κ3) is 4.56. The van der Waals surface area contributed by atoms with Crippen molar-refractivity contribution in [1.29, 1.82) is 0 Å². The van der Waals surface area contributed by atoms with Gasteiger partial charge >= 0.3 is 0 Å². The Morgan fingerprint density at radius 2 is 1.95 bits per heavy atom. The zero-order valence-corrected chi connectivity index (χ0v) is 14.2. The first-order valence-corrected chi connectivity index (χ1v) is 9.71. The lowest BCUT2D eigenvalue weighted by Gasteiger charge is -2.32. The largest absolute Gasteiger partial charge is 0.356 e. The van der Waals surface area contributed by atoms with Crippen molar-refractivity contribution in [2.75, 3.05) is 19.6 Å². The lowest BCUT2D eigenvalue weighted by Crippen LogP contribution is -2.40. The topological polar surface area (TPSA) is 32.3 Å². The molecule has 1 N–H and O–H groups in total. The van der Waals surface area contributed by atoms with E-state index >= 15 is 0 Å². The number of likely N-dealkylation sites (tertiary alicyclic amines) is 1. The molecule has 0 radical (unpaired) electrons. The van der Waals surface area contributed by atoms with Gasteiger partial charge in [0.25, 0.3) is 0 Å². The Morgan fingerprint density at radius 1 is 1.18 bits per heavy atom. The molecule has 0 unspecified atom stereocenters. The molecule has 1 aliphatic carbocycles. The second-order valence-electron chi connectivity index (χ2n) is 6.88. The molecule has 1 saturated carbocycles. The van der Waals surface area contributed by atoms with Crippen molar-refractivity contribution < 1.29 is 4.79 Å². The number of nitrogens with one attached hydrogen (secondary N) is 1. The maximum absolute atomic E-state index is 12.2. The first-order chi connectivity index (χ1) is 10.8. The van der Waals surface area contributed by atoms with Crippen molar-refractivity contribution in [1.82, 2.24) is 10.2 Å². The van der Waals surface area contributed by atoms with Gasteiger partial charge in [-0.25, -0.2) is 0 Å². The van der Waals surface area contributed by atoms with E-state index in [1.807, 2.05) is 11.3 Å². The first-order valence-electron chi connectivity index (χ1n) is 8.83. The van der Waals surface area contributed by atoms with Gasteiger partial charge in [-0.1, -0.05) is 25.3 Å². The molecule has 0 atom stereocenters. The number of piperidine rings is 1. The summed E-state index contributed by atoms with van der Waals surface area (Å²) < 4.78 is 0. The molecule has 2 aliphatic rings. The molecular formula is C18H28N2OS. The number of carbonyl (C=O) groups is 1. The van der Waals surface area contributed by atoms with Crippen LogP contribution in [0.2, 0.25) is 0 Å². The molecule has 0 aromatic carbocycles. The summed E-state index contributed by atoms with van der Waals surface area (Å²) in [6, 6.07) is 4.36. The number of hydrogen-bond donors (Lipinski definition) is 1. The van der Waals surface area contributed by atoms with E-state index < -0.39 is 0 Å². The van der Waals surface area contributed by atoms with Crippen LogP contribution in [-0.2, 0) is 11.3 Å². The van der Waals surface area contributed by atoms with Crippen LogP contribution in [-0.4, -0.2) is 30.4 Å². The number of amides is 1. The van der Waals surface area contributed by atoms with Crippen LogP contribution < -0.4 is 5.32 Å². The van der Waals surface area contributed by atoms with Gasteiger partial charge in [-0.15, -0.1) is 11.3 Å². The van der Waals surface area contributed by atoms with Gasteiger partial charge in [-0.05, 0) is 56.1 Å². The zero-order chi connectivity index (χ0) is 15.2. The second-order valence-corrected chi connectivity index (χ2v) is 7.91. The summed E-state index contributed by atoms with van der Waals surface area (Å²) in [5.74, 6) is 1.29. The molecule has 2 fully saturated rings. The van der Waals surface area contributed by atoms with Gasteiger partial charge < -0.3 is 5.32 Å². The Bertz CT molecular complexity index is 446. The summed E-state index contributed by atoms with van der Waals surface area (Å²) >= 11 is 1.85. The highest BCUT2D eigenvalue weighted by molar-refractivity contribution is 7.09. The minimum Gasteiger partial charge on any atom is -0.356 e. The average molecular weight is 321 g/mol. The molecule has 3 rings (SSSR count). The molecule has 122 valence electrons. The van der Waals surface area contributed by atoms with E-state index in [-0.39, 0.29) is 0 Å². The van der Waals surface area contributed by atoms with E-state index in [1.54, 1.807) is 0 Å². The molecule has 1 saturated heterocycles. The second kappa shape index (κ2) is 8.11. The summed E-state index contributed by atoms with van der Waals surface area (Å²) in [5, 5.41) is 5.38. The molecule has 1 aliphatic heterocycles. The van der Waals surface area contributed by atoms with Crippen LogP contribution in [0.4, 0.5) is 0 Å². The third-order valence-corrected chi connectivity index (χ3v) is 6.07. The Morgan fingerprint density at radius 3 is 2.64 bits per heavy atom.